The first-order valence-corrected chi connectivity index (χ1v) is 8.33. The van der Waals surface area contributed by atoms with E-state index in [1.807, 2.05) is 0 Å². The molecule has 16 heavy (non-hydrogen) atoms. The van der Waals surface area contributed by atoms with Gasteiger partial charge in [-0.05, 0) is 26.7 Å². The van der Waals surface area contributed by atoms with Crippen LogP contribution in [0, 0.1) is 0 Å². The molecule has 2 heterocycles. The maximum absolute atomic E-state index is 5.57. The number of hydrogen-bond acceptors (Lipinski definition) is 4. The Balaban J connectivity index is 1.54. The summed E-state index contributed by atoms with van der Waals surface area (Å²) in [5.41, 5.74) is 0. The molecular formula is C12H22O2S2. The fourth-order valence-corrected chi connectivity index (χ4v) is 4.86. The Morgan fingerprint density at radius 2 is 1.31 bits per heavy atom. The maximum Gasteiger partial charge on any atom is 0.0666 e. The van der Waals surface area contributed by atoms with E-state index in [2.05, 4.69) is 37.4 Å². The van der Waals surface area contributed by atoms with Gasteiger partial charge in [-0.1, -0.05) is 0 Å². The van der Waals surface area contributed by atoms with Crippen LogP contribution < -0.4 is 0 Å². The average Bonchev–Trinajstić information content (AvgIpc) is 2.84. The van der Waals surface area contributed by atoms with Gasteiger partial charge >= 0.3 is 0 Å². The number of hydrogen-bond donors (Lipinski definition) is 0. The predicted molar refractivity (Wildman–Crippen MR) is 72.6 cm³/mol. The largest absolute Gasteiger partial charge is 0.377 e. The van der Waals surface area contributed by atoms with Crippen molar-refractivity contribution in [1.82, 2.24) is 0 Å². The van der Waals surface area contributed by atoms with Crippen LogP contribution >= 0.6 is 23.5 Å². The fourth-order valence-electron chi connectivity index (χ4n) is 2.26. The van der Waals surface area contributed by atoms with E-state index < -0.39 is 0 Å². The third-order valence-corrected chi connectivity index (χ3v) is 6.59. The van der Waals surface area contributed by atoms with Crippen LogP contribution in [-0.2, 0) is 9.47 Å². The standard InChI is InChI=1S/C12H22O2S2/c1-9-11(3-5-13-9)15-7-8-16-12-4-6-14-10(12)2/h9-12H,3-8H2,1-2H3. The highest BCUT2D eigenvalue weighted by Gasteiger charge is 2.26. The molecule has 0 aromatic carbocycles. The summed E-state index contributed by atoms with van der Waals surface area (Å²) in [6.45, 7) is 6.31. The van der Waals surface area contributed by atoms with Crippen LogP contribution in [0.1, 0.15) is 26.7 Å². The van der Waals surface area contributed by atoms with Crippen molar-refractivity contribution in [3.05, 3.63) is 0 Å². The molecule has 0 aromatic heterocycles. The first-order valence-electron chi connectivity index (χ1n) is 6.24. The minimum Gasteiger partial charge on any atom is -0.377 e. The normalized spacial score (nSPS) is 39.4. The Bertz CT molecular complexity index is 191. The molecule has 0 bridgehead atoms. The van der Waals surface area contributed by atoms with Crippen LogP contribution in [0.25, 0.3) is 0 Å². The molecule has 94 valence electrons. The SMILES string of the molecule is CC1OCCC1SCCSC1CCOC1C. The summed E-state index contributed by atoms with van der Waals surface area (Å²) >= 11 is 4.18. The summed E-state index contributed by atoms with van der Waals surface area (Å²) < 4.78 is 11.1. The van der Waals surface area contributed by atoms with Crippen LogP contribution in [-0.4, -0.2) is 47.4 Å². The van der Waals surface area contributed by atoms with Crippen molar-refractivity contribution in [3.63, 3.8) is 0 Å². The van der Waals surface area contributed by atoms with E-state index >= 15 is 0 Å². The molecule has 2 aliphatic rings. The molecule has 0 aromatic rings. The molecule has 0 amide bonds. The minimum absolute atomic E-state index is 0.462. The summed E-state index contributed by atoms with van der Waals surface area (Å²) in [5, 5.41) is 1.47. The van der Waals surface area contributed by atoms with Gasteiger partial charge in [0.15, 0.2) is 0 Å². The number of rotatable bonds is 5. The summed E-state index contributed by atoms with van der Waals surface area (Å²) in [7, 11) is 0. The Kier molecular flexibility index (Phi) is 5.33. The summed E-state index contributed by atoms with van der Waals surface area (Å²) in [6.07, 6.45) is 3.39. The first-order chi connectivity index (χ1) is 7.77. The topological polar surface area (TPSA) is 18.5 Å². The van der Waals surface area contributed by atoms with Crippen LogP contribution in [0.5, 0.6) is 0 Å². The van der Waals surface area contributed by atoms with Gasteiger partial charge in [-0.25, -0.2) is 0 Å². The lowest BCUT2D eigenvalue weighted by atomic mass is 10.3. The van der Waals surface area contributed by atoms with Crippen molar-refractivity contribution in [2.45, 2.75) is 49.4 Å². The molecule has 4 atom stereocenters. The fraction of sp³-hybridized carbons (Fsp3) is 1.00. The molecule has 0 spiro atoms. The maximum atomic E-state index is 5.57. The van der Waals surface area contributed by atoms with Crippen molar-refractivity contribution in [1.29, 1.82) is 0 Å². The van der Waals surface area contributed by atoms with Gasteiger partial charge in [0.25, 0.3) is 0 Å². The van der Waals surface area contributed by atoms with Gasteiger partial charge in [-0.15, -0.1) is 0 Å². The van der Waals surface area contributed by atoms with Crippen LogP contribution in [0.2, 0.25) is 0 Å². The molecule has 0 N–H and O–H groups in total. The highest BCUT2D eigenvalue weighted by molar-refractivity contribution is 8.03. The smallest absolute Gasteiger partial charge is 0.0666 e. The van der Waals surface area contributed by atoms with Gasteiger partial charge in [-0.2, -0.15) is 23.5 Å². The quantitative estimate of drug-likeness (QED) is 0.709. The van der Waals surface area contributed by atoms with E-state index in [4.69, 9.17) is 9.47 Å². The van der Waals surface area contributed by atoms with E-state index in [9.17, 15) is 0 Å². The summed E-state index contributed by atoms with van der Waals surface area (Å²) in [5.74, 6) is 2.51. The third kappa shape index (κ3) is 3.56. The molecule has 4 heteroatoms. The van der Waals surface area contributed by atoms with Gasteiger partial charge in [0.1, 0.15) is 0 Å². The van der Waals surface area contributed by atoms with Gasteiger partial charge in [-0.3, -0.25) is 0 Å². The molecule has 2 fully saturated rings. The van der Waals surface area contributed by atoms with Crippen molar-refractivity contribution in [2.75, 3.05) is 24.7 Å². The van der Waals surface area contributed by atoms with Crippen molar-refractivity contribution < 1.29 is 9.47 Å². The molecule has 0 aliphatic carbocycles. The highest BCUT2D eigenvalue weighted by Crippen LogP contribution is 2.30. The Labute approximate surface area is 107 Å². The molecule has 2 nitrogen and oxygen atoms in total. The van der Waals surface area contributed by atoms with E-state index in [1.165, 1.54) is 24.3 Å². The summed E-state index contributed by atoms with van der Waals surface area (Å²) in [4.78, 5) is 0. The lowest BCUT2D eigenvalue weighted by molar-refractivity contribution is 0.127. The zero-order chi connectivity index (χ0) is 11.4. The summed E-state index contributed by atoms with van der Waals surface area (Å²) in [6, 6.07) is 0. The Morgan fingerprint density at radius 1 is 0.875 bits per heavy atom. The lowest BCUT2D eigenvalue weighted by Gasteiger charge is -2.15. The number of ether oxygens (including phenoxy) is 2. The number of thioether (sulfide) groups is 2. The average molecular weight is 262 g/mol. The van der Waals surface area contributed by atoms with Crippen LogP contribution in [0.15, 0.2) is 0 Å². The molecule has 0 saturated carbocycles. The molecule has 2 aliphatic heterocycles. The van der Waals surface area contributed by atoms with Crippen LogP contribution in [0.3, 0.4) is 0 Å². The second-order valence-corrected chi connectivity index (χ2v) is 7.24. The first kappa shape index (κ1) is 13.1. The lowest BCUT2D eigenvalue weighted by Crippen LogP contribution is -2.16. The van der Waals surface area contributed by atoms with Crippen molar-refractivity contribution >= 4 is 23.5 Å². The molecule has 2 rings (SSSR count). The van der Waals surface area contributed by atoms with Crippen molar-refractivity contribution in [3.8, 4) is 0 Å². The van der Waals surface area contributed by atoms with Gasteiger partial charge in [0.05, 0.1) is 12.2 Å². The van der Waals surface area contributed by atoms with Crippen molar-refractivity contribution in [2.24, 2.45) is 0 Å². The van der Waals surface area contributed by atoms with E-state index in [0.29, 0.717) is 12.2 Å². The van der Waals surface area contributed by atoms with E-state index in [-0.39, 0.29) is 0 Å². The minimum atomic E-state index is 0.462. The van der Waals surface area contributed by atoms with Gasteiger partial charge in [0.2, 0.25) is 0 Å². The van der Waals surface area contributed by atoms with E-state index in [0.717, 1.165) is 23.7 Å². The Hall–Kier alpha value is 0.620. The van der Waals surface area contributed by atoms with Gasteiger partial charge in [0, 0.05) is 35.2 Å². The predicted octanol–water partition coefficient (Wildman–Crippen LogP) is 2.81. The van der Waals surface area contributed by atoms with E-state index in [1.54, 1.807) is 0 Å². The third-order valence-electron chi connectivity index (χ3n) is 3.36. The molecule has 4 unspecified atom stereocenters. The second kappa shape index (κ2) is 6.53. The Morgan fingerprint density at radius 3 is 1.62 bits per heavy atom. The highest BCUT2D eigenvalue weighted by atomic mass is 32.2. The second-order valence-electron chi connectivity index (χ2n) is 4.55. The monoisotopic (exact) mass is 262 g/mol. The molecule has 2 saturated heterocycles. The van der Waals surface area contributed by atoms with Crippen LogP contribution in [0.4, 0.5) is 0 Å². The zero-order valence-electron chi connectivity index (χ0n) is 10.2. The van der Waals surface area contributed by atoms with Gasteiger partial charge < -0.3 is 9.47 Å². The molecular weight excluding hydrogens is 240 g/mol. The zero-order valence-corrected chi connectivity index (χ0v) is 11.8. The molecule has 0 radical (unpaired) electrons.